The van der Waals surface area contributed by atoms with Gasteiger partial charge in [-0.15, -0.1) is 0 Å². The first-order valence-corrected chi connectivity index (χ1v) is 7.59. The Balaban J connectivity index is 1.84. The number of halogens is 1. The zero-order chi connectivity index (χ0) is 16.0. The number of aromatic nitrogens is 1. The summed E-state index contributed by atoms with van der Waals surface area (Å²) in [6.45, 7) is 0. The maximum Gasteiger partial charge on any atom is 0.263 e. The van der Waals surface area contributed by atoms with E-state index in [0.29, 0.717) is 28.5 Å². The molecule has 1 fully saturated rings. The van der Waals surface area contributed by atoms with Crippen LogP contribution in [-0.4, -0.2) is 10.6 Å². The minimum atomic E-state index is -0.392. The van der Waals surface area contributed by atoms with E-state index in [2.05, 4.69) is 5.32 Å². The van der Waals surface area contributed by atoms with E-state index >= 15 is 0 Å². The Hall–Kier alpha value is -2.82. The number of pyridine rings is 1. The number of hydrogen-bond donors (Lipinski definition) is 2. The van der Waals surface area contributed by atoms with E-state index < -0.39 is 5.82 Å². The highest BCUT2D eigenvalue weighted by atomic mass is 19.1. The van der Waals surface area contributed by atoms with Gasteiger partial charge in [-0.25, -0.2) is 4.39 Å². The molecule has 1 aliphatic rings. The second-order valence-electron chi connectivity index (χ2n) is 5.92. The third-order valence-electron chi connectivity index (χ3n) is 4.10. The van der Waals surface area contributed by atoms with Gasteiger partial charge >= 0.3 is 0 Å². The summed E-state index contributed by atoms with van der Waals surface area (Å²) in [6.07, 6.45) is 3.83. The first-order chi connectivity index (χ1) is 11.1. The van der Waals surface area contributed by atoms with Crippen LogP contribution in [0.4, 0.5) is 15.8 Å². The van der Waals surface area contributed by atoms with Crippen molar-refractivity contribution in [3.05, 3.63) is 64.8 Å². The molecule has 0 aliphatic heterocycles. The third kappa shape index (κ3) is 2.54. The molecular weight excluding hydrogens is 293 g/mol. The number of nitrogens with zero attached hydrogens (tertiary/aromatic N) is 1. The molecule has 4 rings (SSSR count). The topological polar surface area (TPSA) is 60.0 Å². The first kappa shape index (κ1) is 13.8. The van der Waals surface area contributed by atoms with Crippen molar-refractivity contribution in [1.29, 1.82) is 0 Å². The highest BCUT2D eigenvalue weighted by Gasteiger charge is 2.22. The number of nitrogen functional groups attached to an aromatic ring is 1. The molecule has 23 heavy (non-hydrogen) atoms. The van der Waals surface area contributed by atoms with Crippen molar-refractivity contribution in [1.82, 2.24) is 4.57 Å². The summed E-state index contributed by atoms with van der Waals surface area (Å²) in [4.78, 5) is 12.7. The number of rotatable bonds is 3. The number of nitrogens with one attached hydrogen (secondary N) is 1. The van der Waals surface area contributed by atoms with Crippen LogP contribution in [0.2, 0.25) is 0 Å². The summed E-state index contributed by atoms with van der Waals surface area (Å²) in [6, 6.07) is 12.2. The molecule has 4 nitrogen and oxygen atoms in total. The van der Waals surface area contributed by atoms with Crippen LogP contribution in [0.15, 0.2) is 53.5 Å². The fourth-order valence-electron chi connectivity index (χ4n) is 2.66. The van der Waals surface area contributed by atoms with Gasteiger partial charge in [-0.05, 0) is 60.7 Å². The minimum absolute atomic E-state index is 0.246. The summed E-state index contributed by atoms with van der Waals surface area (Å²) >= 11 is 0. The van der Waals surface area contributed by atoms with E-state index in [1.165, 1.54) is 10.6 Å². The Kier molecular flexibility index (Phi) is 3.08. The molecule has 0 radical (unpaired) electrons. The lowest BCUT2D eigenvalue weighted by Crippen LogP contribution is -2.18. The summed E-state index contributed by atoms with van der Waals surface area (Å²) in [7, 11) is 0. The lowest BCUT2D eigenvalue weighted by Gasteiger charge is -2.10. The van der Waals surface area contributed by atoms with Crippen LogP contribution in [0.1, 0.15) is 12.8 Å². The van der Waals surface area contributed by atoms with Crippen LogP contribution in [0.25, 0.3) is 16.5 Å². The SMILES string of the molecule is Nc1ccc(-n2ccc3cc(NC4CC4)c(F)cc3c2=O)cc1. The lowest BCUT2D eigenvalue weighted by molar-refractivity contribution is 0.631. The van der Waals surface area contributed by atoms with E-state index in [0.717, 1.165) is 18.2 Å². The smallest absolute Gasteiger partial charge is 0.263 e. The predicted octanol–water partition coefficient (Wildman–Crippen LogP) is 3.29. The van der Waals surface area contributed by atoms with Crippen molar-refractivity contribution in [2.45, 2.75) is 18.9 Å². The molecule has 0 saturated heterocycles. The van der Waals surface area contributed by atoms with Crippen LogP contribution in [-0.2, 0) is 0 Å². The zero-order valence-electron chi connectivity index (χ0n) is 12.4. The summed E-state index contributed by atoms with van der Waals surface area (Å²) in [5, 5.41) is 4.24. The number of fused-ring (bicyclic) bond motifs is 1. The van der Waals surface area contributed by atoms with E-state index in [-0.39, 0.29) is 5.56 Å². The summed E-state index contributed by atoms with van der Waals surface area (Å²) < 4.78 is 15.7. The standard InChI is InChI=1S/C18H16FN3O/c19-16-10-15-11(9-17(16)21-13-3-4-13)7-8-22(18(15)23)14-5-1-12(20)2-6-14/h1-2,5-10,13,21H,3-4,20H2. The van der Waals surface area contributed by atoms with Crippen LogP contribution >= 0.6 is 0 Å². The maximum atomic E-state index is 14.2. The fourth-order valence-corrected chi connectivity index (χ4v) is 2.66. The van der Waals surface area contributed by atoms with Gasteiger partial charge in [-0.1, -0.05) is 0 Å². The highest BCUT2D eigenvalue weighted by Crippen LogP contribution is 2.28. The van der Waals surface area contributed by atoms with Gasteiger partial charge < -0.3 is 11.1 Å². The second-order valence-corrected chi connectivity index (χ2v) is 5.92. The Morgan fingerprint density at radius 1 is 1.13 bits per heavy atom. The molecule has 1 aromatic heterocycles. The molecule has 3 aromatic rings. The molecule has 116 valence electrons. The van der Waals surface area contributed by atoms with Gasteiger partial charge in [-0.2, -0.15) is 0 Å². The molecule has 5 heteroatoms. The molecule has 0 unspecified atom stereocenters. The molecule has 0 amide bonds. The van der Waals surface area contributed by atoms with Gasteiger partial charge in [0.25, 0.3) is 5.56 Å². The molecule has 1 aliphatic carbocycles. The van der Waals surface area contributed by atoms with Crippen LogP contribution in [0.3, 0.4) is 0 Å². The Bertz CT molecular complexity index is 943. The molecule has 1 heterocycles. The minimum Gasteiger partial charge on any atom is -0.399 e. The van der Waals surface area contributed by atoms with E-state index in [9.17, 15) is 9.18 Å². The average molecular weight is 309 g/mol. The Morgan fingerprint density at radius 2 is 1.87 bits per heavy atom. The molecular formula is C18H16FN3O. The molecule has 3 N–H and O–H groups in total. The van der Waals surface area contributed by atoms with Gasteiger partial charge in [0.2, 0.25) is 0 Å². The van der Waals surface area contributed by atoms with Gasteiger partial charge in [0.1, 0.15) is 5.82 Å². The number of benzene rings is 2. The van der Waals surface area contributed by atoms with Crippen molar-refractivity contribution in [2.75, 3.05) is 11.1 Å². The summed E-state index contributed by atoms with van der Waals surface area (Å²) in [5.41, 5.74) is 7.22. The zero-order valence-corrected chi connectivity index (χ0v) is 12.4. The lowest BCUT2D eigenvalue weighted by atomic mass is 10.1. The van der Waals surface area contributed by atoms with Crippen molar-refractivity contribution in [3.63, 3.8) is 0 Å². The van der Waals surface area contributed by atoms with Crippen LogP contribution in [0, 0.1) is 5.82 Å². The van der Waals surface area contributed by atoms with Crippen LogP contribution < -0.4 is 16.6 Å². The molecule has 0 atom stereocenters. The molecule has 1 saturated carbocycles. The largest absolute Gasteiger partial charge is 0.399 e. The van der Waals surface area contributed by atoms with Crippen molar-refractivity contribution in [2.24, 2.45) is 0 Å². The van der Waals surface area contributed by atoms with E-state index in [1.807, 2.05) is 6.07 Å². The average Bonchev–Trinajstić information content (AvgIpc) is 3.35. The second kappa shape index (κ2) is 5.12. The molecule has 0 spiro atoms. The van der Waals surface area contributed by atoms with Crippen LogP contribution in [0.5, 0.6) is 0 Å². The fraction of sp³-hybridized carbons (Fsp3) is 0.167. The maximum absolute atomic E-state index is 14.2. The quantitative estimate of drug-likeness (QED) is 0.730. The number of hydrogen-bond acceptors (Lipinski definition) is 3. The van der Waals surface area contributed by atoms with Gasteiger partial charge in [0.05, 0.1) is 11.1 Å². The molecule has 0 bridgehead atoms. The van der Waals surface area contributed by atoms with Crippen molar-refractivity contribution >= 4 is 22.1 Å². The van der Waals surface area contributed by atoms with Gasteiger partial charge in [-0.3, -0.25) is 9.36 Å². The van der Waals surface area contributed by atoms with E-state index in [1.54, 1.807) is 36.5 Å². The Labute approximate surface area is 132 Å². The normalized spacial score (nSPS) is 14.1. The molecule has 2 aromatic carbocycles. The highest BCUT2D eigenvalue weighted by molar-refractivity contribution is 5.85. The van der Waals surface area contributed by atoms with Gasteiger partial charge in [0, 0.05) is 23.6 Å². The first-order valence-electron chi connectivity index (χ1n) is 7.59. The predicted molar refractivity (Wildman–Crippen MR) is 90.6 cm³/mol. The third-order valence-corrected chi connectivity index (χ3v) is 4.10. The van der Waals surface area contributed by atoms with Gasteiger partial charge in [0.15, 0.2) is 0 Å². The summed E-state index contributed by atoms with van der Waals surface area (Å²) in [5.74, 6) is -0.392. The van der Waals surface area contributed by atoms with Crippen molar-refractivity contribution < 1.29 is 4.39 Å². The number of nitrogens with two attached hydrogens (primary N) is 1. The monoisotopic (exact) mass is 309 g/mol. The van der Waals surface area contributed by atoms with E-state index in [4.69, 9.17) is 5.73 Å². The van der Waals surface area contributed by atoms with Crippen molar-refractivity contribution in [3.8, 4) is 5.69 Å². The Morgan fingerprint density at radius 3 is 2.57 bits per heavy atom. The number of anilines is 2.